The fourth-order valence-corrected chi connectivity index (χ4v) is 2.07. The average molecular weight is 210 g/mol. The highest BCUT2D eigenvalue weighted by molar-refractivity contribution is 4.93. The maximum Gasteiger partial charge on any atom is 0.0738 e. The van der Waals surface area contributed by atoms with Crippen molar-refractivity contribution in [2.75, 3.05) is 0 Å². The zero-order valence-corrected chi connectivity index (χ0v) is 9.06. The van der Waals surface area contributed by atoms with E-state index >= 15 is 0 Å². The van der Waals surface area contributed by atoms with Gasteiger partial charge in [-0.1, -0.05) is 5.21 Å². The van der Waals surface area contributed by atoms with Crippen molar-refractivity contribution in [1.29, 1.82) is 0 Å². The van der Waals surface area contributed by atoms with Crippen molar-refractivity contribution >= 4 is 0 Å². The molecule has 0 amide bonds. The summed E-state index contributed by atoms with van der Waals surface area (Å²) in [6, 6.07) is 0.434. The molecule has 1 saturated carbocycles. The van der Waals surface area contributed by atoms with Crippen LogP contribution in [-0.2, 0) is 13.6 Å². The van der Waals surface area contributed by atoms with Crippen LogP contribution < -0.4 is 5.32 Å². The monoisotopic (exact) mass is 210 g/mol. The Morgan fingerprint density at radius 1 is 1.60 bits per heavy atom. The van der Waals surface area contributed by atoms with Crippen molar-refractivity contribution in [2.24, 2.45) is 7.05 Å². The Hall–Kier alpha value is -0.940. The summed E-state index contributed by atoms with van der Waals surface area (Å²) in [5.74, 6) is 0. The molecule has 2 N–H and O–H groups in total. The number of hydrogen-bond donors (Lipinski definition) is 2. The second kappa shape index (κ2) is 4.72. The first-order chi connectivity index (χ1) is 7.25. The lowest BCUT2D eigenvalue weighted by molar-refractivity contribution is 0.111. The largest absolute Gasteiger partial charge is 0.393 e. The van der Waals surface area contributed by atoms with Gasteiger partial charge in [-0.25, -0.2) is 0 Å². The van der Waals surface area contributed by atoms with E-state index in [0.29, 0.717) is 6.04 Å². The van der Waals surface area contributed by atoms with E-state index in [4.69, 9.17) is 0 Å². The first kappa shape index (κ1) is 10.6. The molecule has 0 radical (unpaired) electrons. The van der Waals surface area contributed by atoms with Crippen molar-refractivity contribution in [3.63, 3.8) is 0 Å². The van der Waals surface area contributed by atoms with E-state index < -0.39 is 0 Å². The fourth-order valence-electron chi connectivity index (χ4n) is 2.07. The van der Waals surface area contributed by atoms with Gasteiger partial charge in [0.05, 0.1) is 18.0 Å². The van der Waals surface area contributed by atoms with Crippen molar-refractivity contribution in [1.82, 2.24) is 20.3 Å². The van der Waals surface area contributed by atoms with Gasteiger partial charge < -0.3 is 10.4 Å². The Morgan fingerprint density at radius 2 is 2.47 bits per heavy atom. The summed E-state index contributed by atoms with van der Waals surface area (Å²) in [7, 11) is 1.89. The van der Waals surface area contributed by atoms with Gasteiger partial charge in [-0.05, 0) is 25.7 Å². The molecule has 0 spiro atoms. The second-order valence-electron chi connectivity index (χ2n) is 4.25. The topological polar surface area (TPSA) is 63.0 Å². The predicted octanol–water partition coefficient (Wildman–Crippen LogP) is 0.208. The Morgan fingerprint density at radius 3 is 3.13 bits per heavy atom. The molecule has 1 heterocycles. The van der Waals surface area contributed by atoms with E-state index in [1.54, 1.807) is 10.9 Å². The number of aromatic nitrogens is 3. The molecule has 2 unspecified atom stereocenters. The van der Waals surface area contributed by atoms with Crippen molar-refractivity contribution in [3.05, 3.63) is 11.9 Å². The molecular formula is C10H18N4O. The molecule has 5 heteroatoms. The van der Waals surface area contributed by atoms with Crippen LogP contribution in [0.4, 0.5) is 0 Å². The molecule has 0 bridgehead atoms. The van der Waals surface area contributed by atoms with E-state index in [1.165, 1.54) is 0 Å². The Kier molecular flexibility index (Phi) is 3.33. The molecule has 1 aliphatic carbocycles. The maximum atomic E-state index is 9.52. The minimum atomic E-state index is -0.124. The fraction of sp³-hybridized carbons (Fsp3) is 0.800. The Labute approximate surface area is 89.5 Å². The van der Waals surface area contributed by atoms with Crippen molar-refractivity contribution < 1.29 is 5.11 Å². The summed E-state index contributed by atoms with van der Waals surface area (Å²) in [5.41, 5.74) is 1.08. The van der Waals surface area contributed by atoms with Gasteiger partial charge in [0.2, 0.25) is 0 Å². The molecule has 0 saturated heterocycles. The van der Waals surface area contributed by atoms with Gasteiger partial charge in [0.25, 0.3) is 0 Å². The summed E-state index contributed by atoms with van der Waals surface area (Å²) >= 11 is 0. The molecule has 0 aliphatic heterocycles. The van der Waals surface area contributed by atoms with E-state index in [2.05, 4.69) is 15.6 Å². The quantitative estimate of drug-likeness (QED) is 0.748. The predicted molar refractivity (Wildman–Crippen MR) is 56.1 cm³/mol. The van der Waals surface area contributed by atoms with Gasteiger partial charge in [-0.2, -0.15) is 0 Å². The van der Waals surface area contributed by atoms with Crippen LogP contribution in [0.1, 0.15) is 31.4 Å². The highest BCUT2D eigenvalue weighted by Crippen LogP contribution is 2.18. The van der Waals surface area contributed by atoms with Crippen LogP contribution in [-0.4, -0.2) is 32.2 Å². The summed E-state index contributed by atoms with van der Waals surface area (Å²) in [5, 5.41) is 20.7. The number of hydrogen-bond acceptors (Lipinski definition) is 4. The molecule has 2 atom stereocenters. The molecular weight excluding hydrogens is 192 g/mol. The van der Waals surface area contributed by atoms with Crippen molar-refractivity contribution in [2.45, 2.75) is 44.4 Å². The summed E-state index contributed by atoms with van der Waals surface area (Å²) in [4.78, 5) is 0. The third-order valence-corrected chi connectivity index (χ3v) is 3.03. The molecule has 2 rings (SSSR count). The zero-order valence-electron chi connectivity index (χ0n) is 9.06. The first-order valence-electron chi connectivity index (χ1n) is 5.50. The lowest BCUT2D eigenvalue weighted by atomic mass is 9.93. The summed E-state index contributed by atoms with van der Waals surface area (Å²) in [6.07, 6.45) is 5.73. The second-order valence-corrected chi connectivity index (χ2v) is 4.25. The minimum Gasteiger partial charge on any atom is -0.393 e. The van der Waals surface area contributed by atoms with E-state index in [0.717, 1.165) is 37.9 Å². The lowest BCUT2D eigenvalue weighted by Gasteiger charge is -2.26. The Balaban J connectivity index is 1.80. The number of nitrogens with zero attached hydrogens (tertiary/aromatic N) is 3. The zero-order chi connectivity index (χ0) is 10.7. The van der Waals surface area contributed by atoms with Crippen LogP contribution in [0.2, 0.25) is 0 Å². The number of aryl methyl sites for hydroxylation is 1. The van der Waals surface area contributed by atoms with Crippen LogP contribution in [0.3, 0.4) is 0 Å². The SMILES string of the molecule is Cn1nncc1CNC1CCCC(O)C1. The maximum absolute atomic E-state index is 9.52. The molecule has 1 aromatic heterocycles. The van der Waals surface area contributed by atoms with Gasteiger partial charge in [0.15, 0.2) is 0 Å². The third kappa shape index (κ3) is 2.76. The molecule has 84 valence electrons. The smallest absolute Gasteiger partial charge is 0.0738 e. The molecule has 15 heavy (non-hydrogen) atoms. The van der Waals surface area contributed by atoms with E-state index in [1.807, 2.05) is 7.05 Å². The van der Waals surface area contributed by atoms with Gasteiger partial charge in [-0.3, -0.25) is 4.68 Å². The van der Waals surface area contributed by atoms with Crippen molar-refractivity contribution in [3.8, 4) is 0 Å². The van der Waals surface area contributed by atoms with Crippen LogP contribution in [0.5, 0.6) is 0 Å². The van der Waals surface area contributed by atoms with Gasteiger partial charge in [-0.15, -0.1) is 5.10 Å². The first-order valence-corrected chi connectivity index (χ1v) is 5.50. The molecule has 5 nitrogen and oxygen atoms in total. The van der Waals surface area contributed by atoms with E-state index in [-0.39, 0.29) is 6.10 Å². The van der Waals surface area contributed by atoms with Gasteiger partial charge in [0, 0.05) is 19.6 Å². The highest BCUT2D eigenvalue weighted by Gasteiger charge is 2.19. The molecule has 1 aromatic rings. The van der Waals surface area contributed by atoms with Gasteiger partial charge in [0.1, 0.15) is 0 Å². The number of aliphatic hydroxyl groups is 1. The van der Waals surface area contributed by atoms with Crippen LogP contribution >= 0.6 is 0 Å². The van der Waals surface area contributed by atoms with Crippen LogP contribution in [0.25, 0.3) is 0 Å². The van der Waals surface area contributed by atoms with E-state index in [9.17, 15) is 5.11 Å². The third-order valence-electron chi connectivity index (χ3n) is 3.03. The van der Waals surface area contributed by atoms with Crippen LogP contribution in [0, 0.1) is 0 Å². The summed E-state index contributed by atoms with van der Waals surface area (Å²) in [6.45, 7) is 0.779. The van der Waals surface area contributed by atoms with Crippen LogP contribution in [0.15, 0.2) is 6.20 Å². The number of aliphatic hydroxyl groups excluding tert-OH is 1. The average Bonchev–Trinajstić information content (AvgIpc) is 2.61. The summed E-state index contributed by atoms with van der Waals surface area (Å²) < 4.78 is 1.77. The lowest BCUT2D eigenvalue weighted by Crippen LogP contribution is -2.35. The standard InChI is InChI=1S/C10H18N4O/c1-14-9(7-12-13-14)6-11-8-3-2-4-10(15)5-8/h7-8,10-11,15H,2-6H2,1H3. The highest BCUT2D eigenvalue weighted by atomic mass is 16.3. The number of rotatable bonds is 3. The molecule has 0 aromatic carbocycles. The normalized spacial score (nSPS) is 26.8. The minimum absolute atomic E-state index is 0.124. The van der Waals surface area contributed by atoms with Gasteiger partial charge >= 0.3 is 0 Å². The molecule has 1 aliphatic rings. The molecule has 1 fully saturated rings. The number of nitrogens with one attached hydrogen (secondary N) is 1. The Bertz CT molecular complexity index is 312.